The number of rotatable bonds is 3. The predicted molar refractivity (Wildman–Crippen MR) is 87.0 cm³/mol. The van der Waals surface area contributed by atoms with E-state index in [9.17, 15) is 4.79 Å². The number of nitrogens with zero attached hydrogens (tertiary/aromatic N) is 2. The molecule has 1 aliphatic heterocycles. The fourth-order valence-electron chi connectivity index (χ4n) is 3.01. The van der Waals surface area contributed by atoms with Crippen LogP contribution in [-0.4, -0.2) is 24.6 Å². The first-order valence-corrected chi connectivity index (χ1v) is 8.04. The minimum absolute atomic E-state index is 0.193. The van der Waals surface area contributed by atoms with Crippen LogP contribution in [0.3, 0.4) is 0 Å². The van der Waals surface area contributed by atoms with Crippen molar-refractivity contribution in [3.05, 3.63) is 24.3 Å². The van der Waals surface area contributed by atoms with Crippen molar-refractivity contribution in [1.82, 2.24) is 0 Å². The molecule has 0 unspecified atom stereocenters. The lowest BCUT2D eigenvalue weighted by Gasteiger charge is -2.28. The van der Waals surface area contributed by atoms with Gasteiger partial charge in [-0.15, -0.1) is 0 Å². The Balaban J connectivity index is 1.61. The zero-order valence-electron chi connectivity index (χ0n) is 12.5. The number of carbonyl (C=O) groups excluding carboxylic acids is 1. The van der Waals surface area contributed by atoms with E-state index in [1.54, 1.807) is 0 Å². The van der Waals surface area contributed by atoms with Gasteiger partial charge in [-0.3, -0.25) is 10.2 Å². The highest BCUT2D eigenvalue weighted by Gasteiger charge is 2.16. The lowest BCUT2D eigenvalue weighted by molar-refractivity contribution is -0.113. The molecule has 0 radical (unpaired) electrons. The van der Waals surface area contributed by atoms with E-state index >= 15 is 0 Å². The third-order valence-electron chi connectivity index (χ3n) is 4.30. The molecule has 1 aromatic carbocycles. The Morgan fingerprint density at radius 2 is 1.62 bits per heavy atom. The molecule has 1 heterocycles. The zero-order chi connectivity index (χ0) is 14.5. The van der Waals surface area contributed by atoms with Gasteiger partial charge in [-0.25, -0.2) is 0 Å². The molecule has 4 heteroatoms. The summed E-state index contributed by atoms with van der Waals surface area (Å²) in [5, 5.41) is 4.28. The van der Waals surface area contributed by atoms with Crippen molar-refractivity contribution >= 4 is 22.9 Å². The zero-order valence-corrected chi connectivity index (χ0v) is 12.5. The number of hydrogen-bond acceptors (Lipinski definition) is 4. The Labute approximate surface area is 126 Å². The maximum Gasteiger partial charge on any atom is 0.178 e. The van der Waals surface area contributed by atoms with E-state index in [1.165, 1.54) is 24.9 Å². The molecule has 1 N–H and O–H groups in total. The topological polar surface area (TPSA) is 44.7 Å². The number of hydrazone groups is 1. The van der Waals surface area contributed by atoms with Crippen LogP contribution in [0.2, 0.25) is 0 Å². The summed E-state index contributed by atoms with van der Waals surface area (Å²) < 4.78 is 0. The van der Waals surface area contributed by atoms with Crippen LogP contribution < -0.4 is 10.3 Å². The molecular formula is C17H23N3O. The van der Waals surface area contributed by atoms with Crippen molar-refractivity contribution < 1.29 is 4.79 Å². The first-order valence-electron chi connectivity index (χ1n) is 8.04. The minimum Gasteiger partial charge on any atom is -0.372 e. The summed E-state index contributed by atoms with van der Waals surface area (Å²) in [7, 11) is 0. The maximum absolute atomic E-state index is 11.7. The monoisotopic (exact) mass is 285 g/mol. The molecule has 21 heavy (non-hydrogen) atoms. The van der Waals surface area contributed by atoms with Gasteiger partial charge in [0.25, 0.3) is 0 Å². The van der Waals surface area contributed by atoms with Crippen LogP contribution in [0, 0.1) is 0 Å². The molecule has 4 nitrogen and oxygen atoms in total. The molecule has 0 atom stereocenters. The second-order valence-corrected chi connectivity index (χ2v) is 5.90. The SMILES string of the molecule is O=C1CCCC/C1=N/Nc1ccc(N2CCCCC2)cc1. The molecule has 1 aromatic rings. The molecule has 2 fully saturated rings. The van der Waals surface area contributed by atoms with Gasteiger partial charge in [0.05, 0.1) is 5.69 Å². The van der Waals surface area contributed by atoms with Crippen LogP contribution >= 0.6 is 0 Å². The number of piperidine rings is 1. The van der Waals surface area contributed by atoms with Gasteiger partial charge in [0.2, 0.25) is 0 Å². The number of nitrogens with one attached hydrogen (secondary N) is 1. The van der Waals surface area contributed by atoms with E-state index in [-0.39, 0.29) is 5.78 Å². The Hall–Kier alpha value is -1.84. The molecule has 0 amide bonds. The lowest BCUT2D eigenvalue weighted by atomic mass is 9.97. The third-order valence-corrected chi connectivity index (χ3v) is 4.30. The van der Waals surface area contributed by atoms with Crippen LogP contribution in [0.4, 0.5) is 11.4 Å². The molecule has 1 saturated carbocycles. The highest BCUT2D eigenvalue weighted by atomic mass is 16.1. The highest BCUT2D eigenvalue weighted by molar-refractivity contribution is 6.40. The van der Waals surface area contributed by atoms with Crippen molar-refractivity contribution in [3.63, 3.8) is 0 Å². The van der Waals surface area contributed by atoms with Crippen molar-refractivity contribution in [2.24, 2.45) is 5.10 Å². The van der Waals surface area contributed by atoms with E-state index in [2.05, 4.69) is 27.6 Å². The van der Waals surface area contributed by atoms with Crippen molar-refractivity contribution in [2.45, 2.75) is 44.9 Å². The summed E-state index contributed by atoms with van der Waals surface area (Å²) in [6, 6.07) is 8.36. The number of Topliss-reactive ketones (excluding diaryl/α,β-unsaturated/α-hetero) is 1. The Kier molecular flexibility index (Phi) is 4.53. The van der Waals surface area contributed by atoms with E-state index in [0.717, 1.165) is 38.0 Å². The molecule has 3 rings (SSSR count). The second kappa shape index (κ2) is 6.74. The number of ketones is 1. The standard InChI is InChI=1S/C17H23N3O/c21-17-7-3-2-6-16(17)19-18-14-8-10-15(11-9-14)20-12-4-1-5-13-20/h8-11,18H,1-7,12-13H2/b19-16-. The van der Waals surface area contributed by atoms with Gasteiger partial charge in [-0.05, 0) is 62.8 Å². The summed E-state index contributed by atoms with van der Waals surface area (Å²) in [6.45, 7) is 2.31. The predicted octanol–water partition coefficient (Wildman–Crippen LogP) is 3.59. The van der Waals surface area contributed by atoms with E-state index in [0.29, 0.717) is 12.1 Å². The molecule has 1 aliphatic carbocycles. The molecule has 1 saturated heterocycles. The summed E-state index contributed by atoms with van der Waals surface area (Å²) in [4.78, 5) is 14.1. The van der Waals surface area contributed by atoms with Crippen LogP contribution in [0.25, 0.3) is 0 Å². The van der Waals surface area contributed by atoms with E-state index in [1.807, 2.05) is 12.1 Å². The van der Waals surface area contributed by atoms with Crippen LogP contribution in [0.15, 0.2) is 29.4 Å². The molecule has 0 bridgehead atoms. The lowest BCUT2D eigenvalue weighted by Crippen LogP contribution is -2.29. The van der Waals surface area contributed by atoms with Gasteiger partial charge in [0.1, 0.15) is 5.71 Å². The smallest absolute Gasteiger partial charge is 0.178 e. The number of anilines is 2. The summed E-state index contributed by atoms with van der Waals surface area (Å²) >= 11 is 0. The minimum atomic E-state index is 0.193. The fraction of sp³-hybridized carbons (Fsp3) is 0.529. The Morgan fingerprint density at radius 1 is 0.905 bits per heavy atom. The van der Waals surface area contributed by atoms with Gasteiger partial charge >= 0.3 is 0 Å². The quantitative estimate of drug-likeness (QED) is 0.863. The molecule has 0 aromatic heterocycles. The number of benzene rings is 1. The van der Waals surface area contributed by atoms with Gasteiger partial charge in [-0.1, -0.05) is 0 Å². The molecule has 2 aliphatic rings. The average molecular weight is 285 g/mol. The highest BCUT2D eigenvalue weighted by Crippen LogP contribution is 2.22. The largest absolute Gasteiger partial charge is 0.372 e. The molecule has 112 valence electrons. The maximum atomic E-state index is 11.7. The fourth-order valence-corrected chi connectivity index (χ4v) is 3.01. The first kappa shape index (κ1) is 14.1. The molecule has 0 spiro atoms. The van der Waals surface area contributed by atoms with Gasteiger partial charge < -0.3 is 4.90 Å². The normalized spacial score (nSPS) is 21.6. The first-order chi connectivity index (χ1) is 10.3. The van der Waals surface area contributed by atoms with E-state index < -0.39 is 0 Å². The summed E-state index contributed by atoms with van der Waals surface area (Å²) in [5.41, 5.74) is 5.94. The molecular weight excluding hydrogens is 262 g/mol. The number of hydrogen-bond donors (Lipinski definition) is 1. The van der Waals surface area contributed by atoms with Crippen molar-refractivity contribution in [1.29, 1.82) is 0 Å². The van der Waals surface area contributed by atoms with Gasteiger partial charge in [0, 0.05) is 25.2 Å². The van der Waals surface area contributed by atoms with Gasteiger partial charge in [0.15, 0.2) is 5.78 Å². The third kappa shape index (κ3) is 3.63. The van der Waals surface area contributed by atoms with Crippen LogP contribution in [0.5, 0.6) is 0 Å². The summed E-state index contributed by atoms with van der Waals surface area (Å²) in [6.07, 6.45) is 7.45. The van der Waals surface area contributed by atoms with Gasteiger partial charge in [-0.2, -0.15) is 5.10 Å². The Morgan fingerprint density at radius 3 is 2.33 bits per heavy atom. The van der Waals surface area contributed by atoms with E-state index in [4.69, 9.17) is 0 Å². The van der Waals surface area contributed by atoms with Crippen molar-refractivity contribution in [3.8, 4) is 0 Å². The number of carbonyl (C=O) groups is 1. The Bertz CT molecular complexity index is 515. The van der Waals surface area contributed by atoms with Crippen LogP contribution in [-0.2, 0) is 4.79 Å². The summed E-state index contributed by atoms with van der Waals surface area (Å²) in [5.74, 6) is 0.193. The average Bonchev–Trinajstić information content (AvgIpc) is 2.55. The van der Waals surface area contributed by atoms with Crippen molar-refractivity contribution in [2.75, 3.05) is 23.4 Å². The second-order valence-electron chi connectivity index (χ2n) is 5.90. The van der Waals surface area contributed by atoms with Crippen LogP contribution in [0.1, 0.15) is 44.9 Å².